The lowest BCUT2D eigenvalue weighted by Crippen LogP contribution is -2.23. The molecule has 0 bridgehead atoms. The van der Waals surface area contributed by atoms with Crippen LogP contribution in [0.1, 0.15) is 11.5 Å². The van der Waals surface area contributed by atoms with Crippen molar-refractivity contribution in [1.29, 1.82) is 0 Å². The molecule has 2 rings (SSSR count). The van der Waals surface area contributed by atoms with Crippen LogP contribution in [-0.2, 0) is 11.2 Å². The Hall–Kier alpha value is -2.30. The SMILES string of the molecule is O=C(/C=C/c1ccco1)NCCc1cnc[nH]1. The number of furan rings is 1. The number of nitrogens with one attached hydrogen (secondary N) is 2. The summed E-state index contributed by atoms with van der Waals surface area (Å²) < 4.78 is 5.07. The Morgan fingerprint density at radius 1 is 1.59 bits per heavy atom. The van der Waals surface area contributed by atoms with Crippen LogP contribution in [0, 0.1) is 0 Å². The summed E-state index contributed by atoms with van der Waals surface area (Å²) in [5, 5.41) is 2.77. The maximum Gasteiger partial charge on any atom is 0.244 e. The average Bonchev–Trinajstić information content (AvgIpc) is 2.99. The van der Waals surface area contributed by atoms with Gasteiger partial charge in [0.25, 0.3) is 0 Å². The van der Waals surface area contributed by atoms with Gasteiger partial charge in [0, 0.05) is 30.9 Å². The van der Waals surface area contributed by atoms with Gasteiger partial charge in [-0.25, -0.2) is 4.98 Å². The first kappa shape index (κ1) is 11.2. The second-order valence-electron chi connectivity index (χ2n) is 3.47. The summed E-state index contributed by atoms with van der Waals surface area (Å²) in [6, 6.07) is 3.56. The molecule has 0 atom stereocenters. The molecule has 1 amide bonds. The molecule has 0 spiro atoms. The Labute approximate surface area is 98.6 Å². The third-order valence-corrected chi connectivity index (χ3v) is 2.19. The molecule has 0 aliphatic carbocycles. The normalized spacial score (nSPS) is 10.8. The van der Waals surface area contributed by atoms with Crippen molar-refractivity contribution in [3.05, 3.63) is 48.5 Å². The van der Waals surface area contributed by atoms with Crippen molar-refractivity contribution in [2.24, 2.45) is 0 Å². The molecule has 0 saturated heterocycles. The lowest BCUT2D eigenvalue weighted by Gasteiger charge is -1.99. The molecule has 2 aromatic heterocycles. The monoisotopic (exact) mass is 231 g/mol. The largest absolute Gasteiger partial charge is 0.465 e. The van der Waals surface area contributed by atoms with Gasteiger partial charge in [-0.1, -0.05) is 0 Å². The van der Waals surface area contributed by atoms with E-state index < -0.39 is 0 Å². The van der Waals surface area contributed by atoms with Crippen molar-refractivity contribution < 1.29 is 9.21 Å². The Bertz CT molecular complexity index is 472. The molecule has 5 heteroatoms. The number of hydrogen-bond acceptors (Lipinski definition) is 3. The number of H-pyrrole nitrogens is 1. The fourth-order valence-electron chi connectivity index (χ4n) is 1.34. The number of rotatable bonds is 5. The van der Waals surface area contributed by atoms with Crippen LogP contribution in [0.5, 0.6) is 0 Å². The molecular formula is C12H13N3O2. The standard InChI is InChI=1S/C12H13N3O2/c16-12(4-3-11-2-1-7-17-11)14-6-5-10-8-13-9-15-10/h1-4,7-9H,5-6H2,(H,13,15)(H,14,16)/b4-3+. The molecule has 17 heavy (non-hydrogen) atoms. The number of aromatic amines is 1. The van der Waals surface area contributed by atoms with Crippen LogP contribution in [-0.4, -0.2) is 22.4 Å². The average molecular weight is 231 g/mol. The number of carbonyl (C=O) groups is 1. The summed E-state index contributed by atoms with van der Waals surface area (Å²) >= 11 is 0. The highest BCUT2D eigenvalue weighted by molar-refractivity contribution is 5.91. The first-order valence-electron chi connectivity index (χ1n) is 5.31. The van der Waals surface area contributed by atoms with Crippen LogP contribution in [0.3, 0.4) is 0 Å². The second kappa shape index (κ2) is 5.69. The lowest BCUT2D eigenvalue weighted by atomic mass is 10.3. The predicted octanol–water partition coefficient (Wildman–Crippen LogP) is 1.37. The highest BCUT2D eigenvalue weighted by atomic mass is 16.3. The van der Waals surface area contributed by atoms with Crippen molar-refractivity contribution in [3.8, 4) is 0 Å². The summed E-state index contributed by atoms with van der Waals surface area (Å²) in [5.74, 6) is 0.523. The molecule has 88 valence electrons. The zero-order valence-electron chi connectivity index (χ0n) is 9.22. The van der Waals surface area contributed by atoms with Gasteiger partial charge in [-0.2, -0.15) is 0 Å². The van der Waals surface area contributed by atoms with E-state index in [0.717, 1.165) is 12.1 Å². The minimum atomic E-state index is -0.138. The van der Waals surface area contributed by atoms with Crippen LogP contribution in [0.4, 0.5) is 0 Å². The number of hydrogen-bond donors (Lipinski definition) is 2. The second-order valence-corrected chi connectivity index (χ2v) is 3.47. The predicted molar refractivity (Wildman–Crippen MR) is 63.0 cm³/mol. The molecule has 2 aromatic rings. The van der Waals surface area contributed by atoms with Crippen LogP contribution in [0.2, 0.25) is 0 Å². The molecule has 0 saturated carbocycles. The van der Waals surface area contributed by atoms with E-state index in [2.05, 4.69) is 15.3 Å². The van der Waals surface area contributed by atoms with E-state index in [1.165, 1.54) is 6.08 Å². The quantitative estimate of drug-likeness (QED) is 0.763. The fourth-order valence-corrected chi connectivity index (χ4v) is 1.34. The highest BCUT2D eigenvalue weighted by Crippen LogP contribution is 2.01. The van der Waals surface area contributed by atoms with Gasteiger partial charge < -0.3 is 14.7 Å². The fraction of sp³-hybridized carbons (Fsp3) is 0.167. The summed E-state index contributed by atoms with van der Waals surface area (Å²) in [7, 11) is 0. The number of carbonyl (C=O) groups excluding carboxylic acids is 1. The Morgan fingerprint density at radius 2 is 2.53 bits per heavy atom. The van der Waals surface area contributed by atoms with Gasteiger partial charge in [0.1, 0.15) is 5.76 Å². The molecule has 0 fully saturated rings. The van der Waals surface area contributed by atoms with Gasteiger partial charge in [0.15, 0.2) is 0 Å². The van der Waals surface area contributed by atoms with Crippen LogP contribution < -0.4 is 5.32 Å². The van der Waals surface area contributed by atoms with Gasteiger partial charge in [0.05, 0.1) is 12.6 Å². The molecule has 2 N–H and O–H groups in total. The third-order valence-electron chi connectivity index (χ3n) is 2.19. The van der Waals surface area contributed by atoms with Gasteiger partial charge in [-0.05, 0) is 18.2 Å². The Kier molecular flexibility index (Phi) is 3.75. The molecular weight excluding hydrogens is 218 g/mol. The summed E-state index contributed by atoms with van der Waals surface area (Å²) in [6.07, 6.45) is 8.74. The van der Waals surface area contributed by atoms with E-state index in [0.29, 0.717) is 12.3 Å². The molecule has 0 unspecified atom stereocenters. The third kappa shape index (κ3) is 3.64. The zero-order valence-corrected chi connectivity index (χ0v) is 9.22. The van der Waals surface area contributed by atoms with E-state index >= 15 is 0 Å². The van der Waals surface area contributed by atoms with Crippen LogP contribution in [0.25, 0.3) is 6.08 Å². The maximum atomic E-state index is 11.4. The topological polar surface area (TPSA) is 70.9 Å². The molecule has 2 heterocycles. The molecule has 0 aromatic carbocycles. The zero-order chi connectivity index (χ0) is 11.9. The van der Waals surface area contributed by atoms with Crippen molar-refractivity contribution in [2.75, 3.05) is 6.54 Å². The number of amides is 1. The smallest absolute Gasteiger partial charge is 0.244 e. The summed E-state index contributed by atoms with van der Waals surface area (Å²) in [6.45, 7) is 0.573. The minimum Gasteiger partial charge on any atom is -0.465 e. The highest BCUT2D eigenvalue weighted by Gasteiger charge is 1.97. The van der Waals surface area contributed by atoms with E-state index in [1.807, 2.05) is 0 Å². The van der Waals surface area contributed by atoms with E-state index in [9.17, 15) is 4.79 Å². The van der Waals surface area contributed by atoms with Gasteiger partial charge in [-0.15, -0.1) is 0 Å². The number of imidazole rings is 1. The summed E-state index contributed by atoms with van der Waals surface area (Å²) in [4.78, 5) is 18.3. The molecule has 0 aliphatic rings. The lowest BCUT2D eigenvalue weighted by molar-refractivity contribution is -0.116. The summed E-state index contributed by atoms with van der Waals surface area (Å²) in [5.41, 5.74) is 1.00. The van der Waals surface area contributed by atoms with Crippen molar-refractivity contribution in [2.45, 2.75) is 6.42 Å². The van der Waals surface area contributed by atoms with E-state index in [4.69, 9.17) is 4.42 Å². The minimum absolute atomic E-state index is 0.138. The van der Waals surface area contributed by atoms with Crippen LogP contribution in [0.15, 0.2) is 41.4 Å². The number of nitrogens with zero attached hydrogens (tertiary/aromatic N) is 1. The Morgan fingerprint density at radius 3 is 3.24 bits per heavy atom. The molecule has 0 radical (unpaired) electrons. The van der Waals surface area contributed by atoms with E-state index in [-0.39, 0.29) is 5.91 Å². The maximum absolute atomic E-state index is 11.4. The Balaban J connectivity index is 1.71. The van der Waals surface area contributed by atoms with Crippen LogP contribution >= 0.6 is 0 Å². The van der Waals surface area contributed by atoms with Crippen molar-refractivity contribution >= 4 is 12.0 Å². The first-order valence-corrected chi connectivity index (χ1v) is 5.31. The number of aromatic nitrogens is 2. The molecule has 5 nitrogen and oxygen atoms in total. The molecule has 0 aliphatic heterocycles. The van der Waals surface area contributed by atoms with Gasteiger partial charge >= 0.3 is 0 Å². The van der Waals surface area contributed by atoms with Gasteiger partial charge in [-0.3, -0.25) is 4.79 Å². The van der Waals surface area contributed by atoms with Gasteiger partial charge in [0.2, 0.25) is 5.91 Å². The van der Waals surface area contributed by atoms with Crippen molar-refractivity contribution in [1.82, 2.24) is 15.3 Å². The van der Waals surface area contributed by atoms with Crippen molar-refractivity contribution in [3.63, 3.8) is 0 Å². The van der Waals surface area contributed by atoms with E-state index in [1.54, 1.807) is 37.0 Å². The first-order chi connectivity index (χ1) is 8.34.